The Labute approximate surface area is 145 Å². The van der Waals surface area contributed by atoms with Crippen LogP contribution in [0.3, 0.4) is 0 Å². The summed E-state index contributed by atoms with van der Waals surface area (Å²) in [5.74, 6) is 0.860. The first-order chi connectivity index (χ1) is 11.4. The molecule has 24 heavy (non-hydrogen) atoms. The molecular formula is C19H31N3O2. The van der Waals surface area contributed by atoms with Gasteiger partial charge >= 0.3 is 0 Å². The van der Waals surface area contributed by atoms with Crippen LogP contribution in [0.2, 0.25) is 0 Å². The minimum atomic E-state index is -0.110. The Kier molecular flexibility index (Phi) is 10.3. The van der Waals surface area contributed by atoms with Crippen molar-refractivity contribution in [2.24, 2.45) is 5.92 Å². The predicted octanol–water partition coefficient (Wildman–Crippen LogP) is 4.04. The average Bonchev–Trinajstić information content (AvgIpc) is 2.90. The molecule has 0 atom stereocenters. The van der Waals surface area contributed by atoms with E-state index < -0.39 is 0 Å². The maximum Gasteiger partial charge on any atom is 0.269 e. The van der Waals surface area contributed by atoms with Crippen LogP contribution in [0.15, 0.2) is 24.4 Å². The molecule has 0 saturated carbocycles. The summed E-state index contributed by atoms with van der Waals surface area (Å²) >= 11 is 0. The van der Waals surface area contributed by atoms with Crippen molar-refractivity contribution >= 4 is 17.3 Å². The van der Waals surface area contributed by atoms with Gasteiger partial charge in [-0.05, 0) is 38.3 Å². The van der Waals surface area contributed by atoms with Crippen LogP contribution in [0.5, 0.6) is 0 Å². The van der Waals surface area contributed by atoms with Gasteiger partial charge in [0.25, 0.3) is 5.91 Å². The minimum Gasteiger partial charge on any atom is -0.354 e. The number of hydrogen-bond acceptors (Lipinski definition) is 3. The zero-order valence-corrected chi connectivity index (χ0v) is 16.0. The first-order valence-electron chi connectivity index (χ1n) is 8.52. The molecule has 1 amide bonds. The molecule has 2 heterocycles. The summed E-state index contributed by atoms with van der Waals surface area (Å²) in [7, 11) is 1.62. The smallest absolute Gasteiger partial charge is 0.269 e. The molecule has 0 fully saturated rings. The van der Waals surface area contributed by atoms with Gasteiger partial charge in [0.15, 0.2) is 0 Å². The van der Waals surface area contributed by atoms with Crippen molar-refractivity contribution in [2.45, 2.75) is 54.4 Å². The maximum absolute atomic E-state index is 11.5. The highest BCUT2D eigenvalue weighted by Gasteiger charge is 2.13. The van der Waals surface area contributed by atoms with E-state index in [0.717, 1.165) is 24.2 Å². The van der Waals surface area contributed by atoms with Crippen molar-refractivity contribution in [1.82, 2.24) is 14.7 Å². The van der Waals surface area contributed by atoms with Gasteiger partial charge < -0.3 is 10.1 Å². The van der Waals surface area contributed by atoms with Gasteiger partial charge in [0.2, 0.25) is 0 Å². The fourth-order valence-electron chi connectivity index (χ4n) is 2.00. The third-order valence-electron chi connectivity index (χ3n) is 3.22. The van der Waals surface area contributed by atoms with E-state index >= 15 is 0 Å². The number of amides is 1. The van der Waals surface area contributed by atoms with E-state index in [1.807, 2.05) is 45.2 Å². The van der Waals surface area contributed by atoms with Gasteiger partial charge in [0.05, 0.1) is 5.69 Å². The fourth-order valence-corrected chi connectivity index (χ4v) is 2.00. The highest BCUT2D eigenvalue weighted by Crippen LogP contribution is 2.10. The average molecular weight is 333 g/mol. The van der Waals surface area contributed by atoms with Crippen LogP contribution in [0.25, 0.3) is 5.65 Å². The van der Waals surface area contributed by atoms with Crippen molar-refractivity contribution in [3.05, 3.63) is 35.8 Å². The molecule has 2 rings (SSSR count). The van der Waals surface area contributed by atoms with Gasteiger partial charge in [0, 0.05) is 19.7 Å². The quantitative estimate of drug-likeness (QED) is 0.918. The lowest BCUT2D eigenvalue weighted by Crippen LogP contribution is -2.20. The number of carbonyl (C=O) groups excluding carboxylic acids is 2. The zero-order valence-electron chi connectivity index (χ0n) is 16.0. The Bertz CT molecular complexity index is 645. The Morgan fingerprint density at radius 3 is 2.33 bits per heavy atom. The molecule has 0 radical (unpaired) electrons. The molecule has 2 aromatic heterocycles. The van der Waals surface area contributed by atoms with Crippen LogP contribution in [0.1, 0.15) is 63.6 Å². The number of fused-ring (bicyclic) bond motifs is 1. The molecule has 0 aromatic carbocycles. The van der Waals surface area contributed by atoms with E-state index in [1.54, 1.807) is 18.4 Å². The highest BCUT2D eigenvalue weighted by atomic mass is 16.1. The Hall–Kier alpha value is -2.17. The third kappa shape index (κ3) is 6.94. The van der Waals surface area contributed by atoms with E-state index in [9.17, 15) is 9.59 Å². The summed E-state index contributed by atoms with van der Waals surface area (Å²) in [5.41, 5.74) is 2.14. The molecule has 5 heteroatoms. The molecule has 0 unspecified atom stereocenters. The molecule has 5 nitrogen and oxygen atoms in total. The van der Waals surface area contributed by atoms with Crippen molar-refractivity contribution < 1.29 is 9.59 Å². The molecule has 0 aliphatic rings. The monoisotopic (exact) mass is 333 g/mol. The molecule has 0 saturated heterocycles. The lowest BCUT2D eigenvalue weighted by atomic mass is 10.1. The summed E-state index contributed by atoms with van der Waals surface area (Å²) < 4.78 is 1.79. The summed E-state index contributed by atoms with van der Waals surface area (Å²) in [4.78, 5) is 26.2. The number of ketones is 1. The molecule has 0 aliphatic heterocycles. The number of nitrogens with zero attached hydrogens (tertiary/aromatic N) is 2. The summed E-state index contributed by atoms with van der Waals surface area (Å²) in [6, 6.07) is 5.65. The number of Topliss-reactive ketones (excluding diaryl/α,β-unsaturated/α-hetero) is 1. The Morgan fingerprint density at radius 1 is 1.25 bits per heavy atom. The number of nitrogens with one attached hydrogen (secondary N) is 1. The number of aromatic nitrogens is 2. The second-order valence-electron chi connectivity index (χ2n) is 5.69. The second-order valence-corrected chi connectivity index (χ2v) is 5.69. The lowest BCUT2D eigenvalue weighted by Gasteiger charge is -2.00. The van der Waals surface area contributed by atoms with E-state index in [0.29, 0.717) is 17.4 Å². The molecule has 1 N–H and O–H groups in total. The van der Waals surface area contributed by atoms with E-state index in [2.05, 4.69) is 24.1 Å². The number of hydrogen-bond donors (Lipinski definition) is 1. The van der Waals surface area contributed by atoms with Crippen LogP contribution in [0, 0.1) is 12.8 Å². The molecule has 134 valence electrons. The topological polar surface area (TPSA) is 63.5 Å². The number of pyridine rings is 1. The highest BCUT2D eigenvalue weighted by molar-refractivity contribution is 5.94. The summed E-state index contributed by atoms with van der Waals surface area (Å²) in [6.07, 6.45) is 3.62. The molecule has 0 aliphatic carbocycles. The number of aryl methyl sites for hydroxylation is 1. The van der Waals surface area contributed by atoms with Gasteiger partial charge in [-0.15, -0.1) is 0 Å². The molecule has 0 spiro atoms. The van der Waals surface area contributed by atoms with Gasteiger partial charge in [-0.2, -0.15) is 0 Å². The van der Waals surface area contributed by atoms with Crippen LogP contribution < -0.4 is 5.32 Å². The SMILES string of the molecule is CC.CC(=O)CCC(C)C.CNC(=O)c1c(C)nc2ccccn12. The third-order valence-corrected chi connectivity index (χ3v) is 3.22. The number of rotatable bonds is 4. The van der Waals surface area contributed by atoms with Gasteiger partial charge in [0.1, 0.15) is 17.1 Å². The van der Waals surface area contributed by atoms with Crippen LogP contribution >= 0.6 is 0 Å². The van der Waals surface area contributed by atoms with Crippen LogP contribution in [-0.2, 0) is 4.79 Å². The van der Waals surface area contributed by atoms with E-state index in [1.165, 1.54) is 0 Å². The van der Waals surface area contributed by atoms with Crippen molar-refractivity contribution in [1.29, 1.82) is 0 Å². The van der Waals surface area contributed by atoms with Gasteiger partial charge in [-0.3, -0.25) is 9.20 Å². The molecular weight excluding hydrogens is 302 g/mol. The van der Waals surface area contributed by atoms with Gasteiger partial charge in [-0.25, -0.2) is 4.98 Å². The van der Waals surface area contributed by atoms with E-state index in [-0.39, 0.29) is 5.91 Å². The first-order valence-corrected chi connectivity index (χ1v) is 8.52. The van der Waals surface area contributed by atoms with E-state index in [4.69, 9.17) is 0 Å². The van der Waals surface area contributed by atoms with Crippen LogP contribution in [0.4, 0.5) is 0 Å². The number of carbonyl (C=O) groups is 2. The standard InChI is InChI=1S/C10H11N3O.C7H14O.C2H6/c1-7-9(10(14)11-2)13-6-4-3-5-8(13)12-7;1-6(2)4-5-7(3)8;1-2/h3-6H,1-2H3,(H,11,14);6H,4-5H2,1-3H3;1-2H3. The van der Waals surface area contributed by atoms with Crippen molar-refractivity contribution in [3.63, 3.8) is 0 Å². The predicted molar refractivity (Wildman–Crippen MR) is 99.4 cm³/mol. The molecule has 0 bridgehead atoms. The lowest BCUT2D eigenvalue weighted by molar-refractivity contribution is -0.117. The maximum atomic E-state index is 11.5. The first kappa shape index (κ1) is 21.8. The molecule has 2 aromatic rings. The zero-order chi connectivity index (χ0) is 18.7. The van der Waals surface area contributed by atoms with Gasteiger partial charge in [-0.1, -0.05) is 33.8 Å². The van der Waals surface area contributed by atoms with Crippen LogP contribution in [-0.4, -0.2) is 28.1 Å². The van der Waals surface area contributed by atoms with Crippen molar-refractivity contribution in [2.75, 3.05) is 7.05 Å². The normalized spacial score (nSPS) is 9.67. The largest absolute Gasteiger partial charge is 0.354 e. The fraction of sp³-hybridized carbons (Fsp3) is 0.526. The summed E-state index contributed by atoms with van der Waals surface area (Å²) in [5, 5.41) is 2.60. The summed E-state index contributed by atoms with van der Waals surface area (Å²) in [6.45, 7) is 11.7. The van der Waals surface area contributed by atoms with Crippen molar-refractivity contribution in [3.8, 4) is 0 Å². The number of imidazole rings is 1. The minimum absolute atomic E-state index is 0.110. The Morgan fingerprint density at radius 2 is 1.88 bits per heavy atom. The Balaban J connectivity index is 0.000000456. The second kappa shape index (κ2) is 11.4.